The fourth-order valence-electron chi connectivity index (χ4n) is 0.939. The number of carboxylic acids is 1. The molecule has 0 aliphatic heterocycles. The van der Waals surface area contributed by atoms with Gasteiger partial charge in [-0.2, -0.15) is 0 Å². The van der Waals surface area contributed by atoms with Gasteiger partial charge in [-0.3, -0.25) is 0 Å². The summed E-state index contributed by atoms with van der Waals surface area (Å²) in [5, 5.41) is 10.3. The number of carboxylic acid groups (broad SMARTS) is 1. The molecule has 0 radical (unpaired) electrons. The summed E-state index contributed by atoms with van der Waals surface area (Å²) in [6.45, 7) is 3.94. The summed E-state index contributed by atoms with van der Waals surface area (Å²) in [6.07, 6.45) is 3.52. The molecule has 0 aliphatic carbocycles. The first-order valence-corrected chi connectivity index (χ1v) is 3.93. The molecule has 0 N–H and O–H groups in total. The molecule has 0 saturated heterocycles. The Balaban J connectivity index is 0. The first-order chi connectivity index (χ1) is 4.72. The second-order valence-electron chi connectivity index (χ2n) is 2.57. The smallest absolute Gasteiger partial charge is 0.550 e. The molecule has 0 aromatic heterocycles. The largest absolute Gasteiger partial charge is 3.00 e. The summed E-state index contributed by atoms with van der Waals surface area (Å²) in [5.74, 6) is -1.11. The first-order valence-electron chi connectivity index (χ1n) is 3.93. The van der Waals surface area contributed by atoms with Crippen molar-refractivity contribution in [2.75, 3.05) is 0 Å². The third-order valence-electron chi connectivity index (χ3n) is 1.73. The van der Waals surface area contributed by atoms with Gasteiger partial charge in [0.1, 0.15) is 0 Å². The molecule has 2 nitrogen and oxygen atoms in total. The molecule has 11 heavy (non-hydrogen) atoms. The van der Waals surface area contributed by atoms with Gasteiger partial charge in [0.05, 0.1) is 0 Å². The van der Waals surface area contributed by atoms with E-state index in [0.29, 0.717) is 6.42 Å². The molecule has 0 aromatic rings. The van der Waals surface area contributed by atoms with Gasteiger partial charge in [0.25, 0.3) is 0 Å². The van der Waals surface area contributed by atoms with Crippen LogP contribution in [0.3, 0.4) is 0 Å². The second kappa shape index (κ2) is 8.44. The summed E-state index contributed by atoms with van der Waals surface area (Å²) in [4.78, 5) is 10.3. The van der Waals surface area contributed by atoms with E-state index in [9.17, 15) is 9.90 Å². The van der Waals surface area contributed by atoms with E-state index in [1.807, 2.05) is 6.92 Å². The number of aliphatic carboxylic acids is 1. The van der Waals surface area contributed by atoms with Crippen LogP contribution in [0.5, 0.6) is 0 Å². The van der Waals surface area contributed by atoms with Crippen molar-refractivity contribution in [3.05, 3.63) is 0 Å². The van der Waals surface area contributed by atoms with Crippen LogP contribution in [-0.2, 0) is 4.79 Å². The molecule has 0 heterocycles. The van der Waals surface area contributed by atoms with Gasteiger partial charge in [0, 0.05) is 5.97 Å². The molecule has 0 amide bonds. The van der Waals surface area contributed by atoms with E-state index < -0.39 is 5.97 Å². The number of hydrogen-bond donors (Lipinski definition) is 0. The van der Waals surface area contributed by atoms with Crippen molar-refractivity contribution in [3.63, 3.8) is 0 Å². The third-order valence-corrected chi connectivity index (χ3v) is 1.73. The Bertz CT molecular complexity index is 104. The Morgan fingerprint density at radius 1 is 1.45 bits per heavy atom. The number of unbranched alkanes of at least 4 members (excludes halogenated alkanes) is 1. The van der Waals surface area contributed by atoms with Gasteiger partial charge in [0.2, 0.25) is 0 Å². The van der Waals surface area contributed by atoms with Crippen molar-refractivity contribution >= 4 is 31.8 Å². The molecule has 0 aliphatic rings. The van der Waals surface area contributed by atoms with Crippen LogP contribution in [0.4, 0.5) is 0 Å². The van der Waals surface area contributed by atoms with Crippen LogP contribution in [-0.4, -0.2) is 31.8 Å². The van der Waals surface area contributed by atoms with Crippen molar-refractivity contribution in [3.8, 4) is 0 Å². The summed E-state index contributed by atoms with van der Waals surface area (Å²) in [6, 6.07) is 0. The van der Waals surface area contributed by atoms with Crippen LogP contribution in [0.2, 0.25) is 0 Å². The molecule has 0 bridgehead atoms. The number of rotatable bonds is 5. The van der Waals surface area contributed by atoms with Gasteiger partial charge >= 0.3 is 25.8 Å². The zero-order valence-electron chi connectivity index (χ0n) is 7.30. The fraction of sp³-hybridized carbons (Fsp3) is 0.875. The van der Waals surface area contributed by atoms with E-state index in [2.05, 4.69) is 6.92 Å². The quantitative estimate of drug-likeness (QED) is 0.723. The molecule has 1 unspecified atom stereocenters. The Morgan fingerprint density at radius 3 is 2.27 bits per heavy atom. The van der Waals surface area contributed by atoms with E-state index in [0.717, 1.165) is 19.3 Å². The van der Waals surface area contributed by atoms with Gasteiger partial charge in [-0.1, -0.05) is 26.7 Å². The van der Waals surface area contributed by atoms with Crippen molar-refractivity contribution in [2.24, 2.45) is 5.92 Å². The van der Waals surface area contributed by atoms with Crippen molar-refractivity contribution in [1.82, 2.24) is 0 Å². The maximum Gasteiger partial charge on any atom is 3.00 e. The van der Waals surface area contributed by atoms with E-state index in [4.69, 9.17) is 0 Å². The van der Waals surface area contributed by atoms with Gasteiger partial charge < -0.3 is 9.90 Å². The minimum absolute atomic E-state index is 0. The van der Waals surface area contributed by atoms with Crippen molar-refractivity contribution in [1.29, 1.82) is 0 Å². The molecule has 60 valence electrons. The normalized spacial score (nSPS) is 11.8. The second-order valence-corrected chi connectivity index (χ2v) is 2.57. The average Bonchev–Trinajstić information content (AvgIpc) is 1.89. The van der Waals surface area contributed by atoms with Crippen molar-refractivity contribution < 1.29 is 9.90 Å². The zero-order valence-corrected chi connectivity index (χ0v) is 10.6. The Labute approximate surface area is 87.2 Å². The van der Waals surface area contributed by atoms with Crippen molar-refractivity contribution in [2.45, 2.75) is 39.5 Å². The average molecular weight is 258 g/mol. The number of hydrogen-bond acceptors (Lipinski definition) is 2. The molecule has 0 spiro atoms. The molecule has 1 atom stereocenters. The summed E-state index contributed by atoms with van der Waals surface area (Å²) < 4.78 is 0. The van der Waals surface area contributed by atoms with Crippen LogP contribution in [0, 0.1) is 5.92 Å². The molecule has 0 fully saturated rings. The number of carbonyl (C=O) groups is 1. The Morgan fingerprint density at radius 2 is 2.00 bits per heavy atom. The van der Waals surface area contributed by atoms with Gasteiger partial charge in [-0.15, -0.1) is 0 Å². The monoisotopic (exact) mass is 258 g/mol. The van der Waals surface area contributed by atoms with E-state index in [-0.39, 0.29) is 31.8 Å². The predicted octanol–water partition coefficient (Wildman–Crippen LogP) is 0.572. The first kappa shape index (κ1) is 13.9. The van der Waals surface area contributed by atoms with Crippen LogP contribution in [0.15, 0.2) is 0 Å². The SMILES string of the molecule is CCCCC(CC)C(=O)[O-].[In+3]. The minimum Gasteiger partial charge on any atom is -0.550 e. The maximum atomic E-state index is 10.3. The molecular formula is C8H15InO2+2. The minimum atomic E-state index is -0.893. The van der Waals surface area contributed by atoms with E-state index in [1.54, 1.807) is 0 Å². The van der Waals surface area contributed by atoms with Gasteiger partial charge in [-0.05, 0) is 18.8 Å². The van der Waals surface area contributed by atoms with Crippen LogP contribution in [0.25, 0.3) is 0 Å². The number of carbonyl (C=O) groups excluding carboxylic acids is 1. The molecule has 0 saturated carbocycles. The molecular weight excluding hydrogens is 243 g/mol. The van der Waals surface area contributed by atoms with Crippen LogP contribution >= 0.6 is 0 Å². The van der Waals surface area contributed by atoms with Gasteiger partial charge in [0.15, 0.2) is 0 Å². The zero-order chi connectivity index (χ0) is 7.98. The van der Waals surface area contributed by atoms with Crippen LogP contribution < -0.4 is 5.11 Å². The predicted molar refractivity (Wildman–Crippen MR) is 44.1 cm³/mol. The summed E-state index contributed by atoms with van der Waals surface area (Å²) in [5.41, 5.74) is 0. The Hall–Kier alpha value is 0.340. The molecule has 0 aromatic carbocycles. The summed E-state index contributed by atoms with van der Waals surface area (Å²) >= 11 is 0. The van der Waals surface area contributed by atoms with E-state index in [1.165, 1.54) is 0 Å². The van der Waals surface area contributed by atoms with E-state index >= 15 is 0 Å². The van der Waals surface area contributed by atoms with Gasteiger partial charge in [-0.25, -0.2) is 0 Å². The van der Waals surface area contributed by atoms with Crippen LogP contribution in [0.1, 0.15) is 39.5 Å². The maximum absolute atomic E-state index is 10.3. The summed E-state index contributed by atoms with van der Waals surface area (Å²) in [7, 11) is 0. The Kier molecular flexibility index (Phi) is 10.7. The fourth-order valence-corrected chi connectivity index (χ4v) is 0.939. The topological polar surface area (TPSA) is 40.1 Å². The third kappa shape index (κ3) is 6.73. The molecule has 0 rings (SSSR count). The molecule has 3 heteroatoms. The standard InChI is InChI=1S/C8H16O2.In/c1-3-5-6-7(4-2)8(9)10;/h7H,3-6H2,1-2H3,(H,9,10);/q;+3/p-1.